The highest BCUT2D eigenvalue weighted by molar-refractivity contribution is 5.96. The molecule has 10 nitrogen and oxygen atoms in total. The van der Waals surface area contributed by atoms with Crippen molar-refractivity contribution in [2.24, 2.45) is 5.73 Å². The molecule has 10 heteroatoms. The fourth-order valence-electron chi connectivity index (χ4n) is 3.91. The van der Waals surface area contributed by atoms with Gasteiger partial charge < -0.3 is 31.5 Å². The third-order valence-corrected chi connectivity index (χ3v) is 5.58. The van der Waals surface area contributed by atoms with Crippen molar-refractivity contribution < 1.29 is 14.6 Å². The van der Waals surface area contributed by atoms with Gasteiger partial charge in [0, 0.05) is 24.2 Å². The molecule has 172 valence electrons. The summed E-state index contributed by atoms with van der Waals surface area (Å²) in [7, 11) is 1.61. The fraction of sp³-hybridized carbons (Fsp3) is 0.304. The molecule has 0 bridgehead atoms. The third-order valence-electron chi connectivity index (χ3n) is 5.58. The summed E-state index contributed by atoms with van der Waals surface area (Å²) < 4.78 is 5.62. The number of nitrogens with one attached hydrogen (secondary N) is 3. The van der Waals surface area contributed by atoms with Crippen molar-refractivity contribution in [2.45, 2.75) is 32.4 Å². The number of aromatic nitrogens is 3. The molecule has 0 aliphatic carbocycles. The first-order chi connectivity index (χ1) is 15.8. The minimum Gasteiger partial charge on any atom is -0.495 e. The number of hydrogen-bond acceptors (Lipinski definition) is 9. The van der Waals surface area contributed by atoms with E-state index < -0.39 is 5.91 Å². The van der Waals surface area contributed by atoms with Crippen LogP contribution >= 0.6 is 0 Å². The van der Waals surface area contributed by atoms with E-state index in [2.05, 4.69) is 45.0 Å². The second kappa shape index (κ2) is 9.00. The van der Waals surface area contributed by atoms with Crippen LogP contribution < -0.4 is 26.4 Å². The molecule has 0 saturated carbocycles. The van der Waals surface area contributed by atoms with Crippen molar-refractivity contribution >= 4 is 29.0 Å². The molecule has 33 heavy (non-hydrogen) atoms. The molecule has 0 radical (unpaired) electrons. The monoisotopic (exact) mass is 449 g/mol. The molecule has 0 saturated heterocycles. The number of nitrogens with zero attached hydrogens (tertiary/aromatic N) is 3. The summed E-state index contributed by atoms with van der Waals surface area (Å²) in [6.45, 7) is 5.87. The van der Waals surface area contributed by atoms with Gasteiger partial charge in [-0.25, -0.2) is 0 Å². The summed E-state index contributed by atoms with van der Waals surface area (Å²) in [6.07, 6.45) is 0. The van der Waals surface area contributed by atoms with E-state index in [9.17, 15) is 9.90 Å². The number of carbonyl (C=O) groups excluding carboxylic acids is 1. The Balaban J connectivity index is 1.69. The van der Waals surface area contributed by atoms with Crippen molar-refractivity contribution in [3.05, 3.63) is 58.8 Å². The lowest BCUT2D eigenvalue weighted by Crippen LogP contribution is -2.38. The number of anilines is 4. The Morgan fingerprint density at radius 2 is 2.06 bits per heavy atom. The highest BCUT2D eigenvalue weighted by atomic mass is 16.5. The van der Waals surface area contributed by atoms with Gasteiger partial charge in [-0.15, -0.1) is 10.2 Å². The van der Waals surface area contributed by atoms with Crippen molar-refractivity contribution in [1.29, 1.82) is 0 Å². The van der Waals surface area contributed by atoms with Gasteiger partial charge in [0.15, 0.2) is 11.5 Å². The summed E-state index contributed by atoms with van der Waals surface area (Å²) in [4.78, 5) is 16.3. The van der Waals surface area contributed by atoms with Gasteiger partial charge in [-0.1, -0.05) is 26.0 Å². The minimum atomic E-state index is -0.762. The van der Waals surface area contributed by atoms with Crippen LogP contribution in [0, 0.1) is 0 Å². The molecule has 0 unspecified atom stereocenters. The van der Waals surface area contributed by atoms with Crippen LogP contribution in [0.3, 0.4) is 0 Å². The van der Waals surface area contributed by atoms with Gasteiger partial charge in [0.05, 0.1) is 19.4 Å². The van der Waals surface area contributed by atoms with E-state index in [4.69, 9.17) is 10.5 Å². The summed E-state index contributed by atoms with van der Waals surface area (Å²) in [5, 5.41) is 27.0. The number of hydrogen-bond donors (Lipinski definition) is 5. The molecule has 0 atom stereocenters. The Kier molecular flexibility index (Phi) is 6.12. The van der Waals surface area contributed by atoms with Crippen molar-refractivity contribution in [3.8, 4) is 5.75 Å². The number of primary amides is 1. The number of aliphatic hydroxyl groups excluding tert-OH is 1. The molecule has 0 fully saturated rings. The number of nitrogens with two attached hydrogens (primary N) is 1. The Hall–Kier alpha value is -3.76. The molecule has 2 aromatic carbocycles. The summed E-state index contributed by atoms with van der Waals surface area (Å²) >= 11 is 0. The quantitative estimate of drug-likeness (QED) is 0.366. The maximum Gasteiger partial charge on any atom is 0.273 e. The van der Waals surface area contributed by atoms with E-state index in [1.165, 1.54) is 5.56 Å². The maximum absolute atomic E-state index is 11.9. The van der Waals surface area contributed by atoms with Gasteiger partial charge in [-0.3, -0.25) is 4.79 Å². The van der Waals surface area contributed by atoms with Crippen LogP contribution in [0.15, 0.2) is 36.4 Å². The Bertz CT molecular complexity index is 1200. The van der Waals surface area contributed by atoms with E-state index in [1.807, 2.05) is 12.1 Å². The second-order valence-electron chi connectivity index (χ2n) is 8.50. The van der Waals surface area contributed by atoms with E-state index in [-0.39, 0.29) is 29.5 Å². The number of carbonyl (C=O) groups is 1. The average Bonchev–Trinajstić information content (AvgIpc) is 2.78. The van der Waals surface area contributed by atoms with Crippen LogP contribution in [-0.2, 0) is 18.6 Å². The lowest BCUT2D eigenvalue weighted by molar-refractivity contribution is 0.0995. The number of aliphatic hydroxyl groups is 1. The molecule has 1 aliphatic heterocycles. The van der Waals surface area contributed by atoms with E-state index in [1.54, 1.807) is 31.4 Å². The first-order valence-corrected chi connectivity index (χ1v) is 10.5. The molecule has 6 N–H and O–H groups in total. The van der Waals surface area contributed by atoms with E-state index in [0.29, 0.717) is 22.7 Å². The van der Waals surface area contributed by atoms with Crippen LogP contribution in [0.25, 0.3) is 0 Å². The SMILES string of the molecule is COc1cc2c(cc1Nc1nnc(C(N)=O)c(Nc3cccc(CO)c3)n1)CNCC2(C)C. The highest BCUT2D eigenvalue weighted by Crippen LogP contribution is 2.37. The van der Waals surface area contributed by atoms with Gasteiger partial charge in [0.2, 0.25) is 5.95 Å². The number of methoxy groups -OCH3 is 1. The smallest absolute Gasteiger partial charge is 0.273 e. The van der Waals surface area contributed by atoms with Gasteiger partial charge in [-0.2, -0.15) is 4.98 Å². The zero-order valence-electron chi connectivity index (χ0n) is 18.8. The van der Waals surface area contributed by atoms with Crippen molar-refractivity contribution in [2.75, 3.05) is 24.3 Å². The van der Waals surface area contributed by atoms with Crippen molar-refractivity contribution in [1.82, 2.24) is 20.5 Å². The van der Waals surface area contributed by atoms with Crippen LogP contribution in [-0.4, -0.2) is 39.8 Å². The molecule has 0 spiro atoms. The molecule has 3 aromatic rings. The van der Waals surface area contributed by atoms with Gasteiger partial charge in [0.25, 0.3) is 5.91 Å². The molecule has 2 heterocycles. The minimum absolute atomic E-state index is 0.0270. The number of fused-ring (bicyclic) bond motifs is 1. The first-order valence-electron chi connectivity index (χ1n) is 10.5. The van der Waals surface area contributed by atoms with Crippen LogP contribution in [0.1, 0.15) is 41.0 Å². The lowest BCUT2D eigenvalue weighted by atomic mass is 9.79. The Morgan fingerprint density at radius 3 is 2.79 bits per heavy atom. The predicted octanol–water partition coefficient (Wildman–Crippen LogP) is 2.34. The summed E-state index contributed by atoms with van der Waals surface area (Å²) in [5.74, 6) is 0.204. The summed E-state index contributed by atoms with van der Waals surface area (Å²) in [6, 6.07) is 11.1. The van der Waals surface area contributed by atoms with E-state index in [0.717, 1.165) is 18.7 Å². The molecular formula is C23H27N7O3. The third kappa shape index (κ3) is 4.71. The van der Waals surface area contributed by atoms with Gasteiger partial charge in [-0.05, 0) is 41.0 Å². The highest BCUT2D eigenvalue weighted by Gasteiger charge is 2.29. The maximum atomic E-state index is 11.9. The largest absolute Gasteiger partial charge is 0.495 e. The Labute approximate surface area is 191 Å². The average molecular weight is 450 g/mol. The molecule has 1 amide bonds. The lowest BCUT2D eigenvalue weighted by Gasteiger charge is -2.34. The zero-order chi connectivity index (χ0) is 23.6. The predicted molar refractivity (Wildman–Crippen MR) is 125 cm³/mol. The topological polar surface area (TPSA) is 147 Å². The normalized spacial score (nSPS) is 14.3. The van der Waals surface area contributed by atoms with E-state index >= 15 is 0 Å². The molecular weight excluding hydrogens is 422 g/mol. The Morgan fingerprint density at radius 1 is 1.24 bits per heavy atom. The molecule has 4 rings (SSSR count). The van der Waals surface area contributed by atoms with Crippen LogP contribution in [0.5, 0.6) is 5.75 Å². The summed E-state index contributed by atoms with van der Waals surface area (Å²) in [5.41, 5.74) is 9.71. The van der Waals surface area contributed by atoms with Crippen LogP contribution in [0.4, 0.5) is 23.1 Å². The number of amides is 1. The van der Waals surface area contributed by atoms with Crippen LogP contribution in [0.2, 0.25) is 0 Å². The molecule has 1 aliphatic rings. The second-order valence-corrected chi connectivity index (χ2v) is 8.50. The van der Waals surface area contributed by atoms with Gasteiger partial charge in [0.1, 0.15) is 5.75 Å². The number of rotatable bonds is 7. The fourth-order valence-corrected chi connectivity index (χ4v) is 3.91. The number of ether oxygens (including phenoxy) is 1. The number of benzene rings is 2. The van der Waals surface area contributed by atoms with Gasteiger partial charge >= 0.3 is 0 Å². The first kappa shape index (κ1) is 22.4. The molecule has 1 aromatic heterocycles. The zero-order valence-corrected chi connectivity index (χ0v) is 18.8. The standard InChI is InChI=1S/C23H27N7O3/c1-23(2)12-25-10-14-8-17(18(33-3)9-16(14)23)27-22-28-21(19(20(24)32)29-30-22)26-15-6-4-5-13(7-15)11-31/h4-9,25,31H,10-12H2,1-3H3,(H2,24,32)(H2,26,27,28,30). The van der Waals surface area contributed by atoms with Crippen molar-refractivity contribution in [3.63, 3.8) is 0 Å².